The van der Waals surface area contributed by atoms with Crippen LogP contribution in [0.15, 0.2) is 95.3 Å². The SMILES string of the molecule is ON1C(c2ccc(Cl)cc2)=NN=C(c2ccccc2)[C@H]1c1c[nH]c2ccccc12. The smallest absolute Gasteiger partial charge is 0.182 e. The van der Waals surface area contributed by atoms with E-state index >= 15 is 0 Å². The number of halogens is 1. The average Bonchev–Trinajstić information content (AvgIpc) is 3.19. The lowest BCUT2D eigenvalue weighted by Crippen LogP contribution is -2.39. The molecular formula is C23H17ClN4O. The predicted octanol–water partition coefficient (Wildman–Crippen LogP) is 5.42. The van der Waals surface area contributed by atoms with Crippen LogP contribution in [0.5, 0.6) is 0 Å². The second-order valence-corrected chi connectivity index (χ2v) is 7.25. The van der Waals surface area contributed by atoms with Crippen molar-refractivity contribution in [2.24, 2.45) is 10.2 Å². The number of hydrogen-bond acceptors (Lipinski definition) is 4. The Balaban J connectivity index is 1.69. The van der Waals surface area contributed by atoms with Crippen LogP contribution in [0, 0.1) is 0 Å². The number of nitrogens with zero attached hydrogens (tertiary/aromatic N) is 3. The zero-order chi connectivity index (χ0) is 19.8. The molecule has 2 N–H and O–H groups in total. The number of fused-ring (bicyclic) bond motifs is 1. The van der Waals surface area contributed by atoms with Crippen molar-refractivity contribution in [1.29, 1.82) is 0 Å². The Kier molecular flexibility index (Phi) is 4.39. The molecule has 5 nitrogen and oxygen atoms in total. The molecule has 6 heteroatoms. The summed E-state index contributed by atoms with van der Waals surface area (Å²) in [6.07, 6.45) is 1.92. The van der Waals surface area contributed by atoms with E-state index in [1.165, 1.54) is 5.06 Å². The van der Waals surface area contributed by atoms with Gasteiger partial charge in [-0.25, -0.2) is 5.06 Å². The molecule has 1 aliphatic heterocycles. The van der Waals surface area contributed by atoms with Crippen LogP contribution in [-0.2, 0) is 0 Å². The molecule has 4 aromatic rings. The van der Waals surface area contributed by atoms with Gasteiger partial charge in [-0.05, 0) is 30.3 Å². The van der Waals surface area contributed by atoms with Crippen LogP contribution in [-0.4, -0.2) is 26.8 Å². The summed E-state index contributed by atoms with van der Waals surface area (Å²) in [5.74, 6) is 0.372. The van der Waals surface area contributed by atoms with Gasteiger partial charge >= 0.3 is 0 Å². The largest absolute Gasteiger partial charge is 0.361 e. The molecule has 0 saturated carbocycles. The summed E-state index contributed by atoms with van der Waals surface area (Å²) in [4.78, 5) is 3.29. The standard InChI is InChI=1S/C23H17ClN4O/c24-17-12-10-16(11-13-17)23-27-26-21(15-6-2-1-3-7-15)22(28(23)29)19-14-25-20-9-5-4-8-18(19)20/h1-14,22,25,29H/t22-/m1/s1. The first-order valence-electron chi connectivity index (χ1n) is 9.23. The molecule has 0 spiro atoms. The van der Waals surface area contributed by atoms with Gasteiger partial charge in [0.1, 0.15) is 11.8 Å². The predicted molar refractivity (Wildman–Crippen MR) is 116 cm³/mol. The summed E-state index contributed by atoms with van der Waals surface area (Å²) in [7, 11) is 0. The first kappa shape index (κ1) is 17.7. The summed E-state index contributed by atoms with van der Waals surface area (Å²) in [6.45, 7) is 0. The number of aromatic amines is 1. The topological polar surface area (TPSA) is 64.0 Å². The minimum atomic E-state index is -0.517. The molecule has 29 heavy (non-hydrogen) atoms. The van der Waals surface area contributed by atoms with E-state index in [4.69, 9.17) is 11.6 Å². The third-order valence-corrected chi connectivity index (χ3v) is 5.31. The van der Waals surface area contributed by atoms with Crippen molar-refractivity contribution in [3.63, 3.8) is 0 Å². The number of rotatable bonds is 3. The fourth-order valence-corrected chi connectivity index (χ4v) is 3.78. The van der Waals surface area contributed by atoms with Crippen LogP contribution in [0.2, 0.25) is 5.02 Å². The zero-order valence-corrected chi connectivity index (χ0v) is 16.1. The highest BCUT2D eigenvalue weighted by Crippen LogP contribution is 2.34. The van der Waals surface area contributed by atoms with Gasteiger partial charge in [-0.2, -0.15) is 5.10 Å². The zero-order valence-electron chi connectivity index (χ0n) is 15.3. The van der Waals surface area contributed by atoms with Gasteiger partial charge in [-0.3, -0.25) is 5.21 Å². The normalized spacial score (nSPS) is 16.6. The molecule has 0 saturated heterocycles. The van der Waals surface area contributed by atoms with E-state index in [0.717, 1.165) is 27.6 Å². The second-order valence-electron chi connectivity index (χ2n) is 6.82. The quantitative estimate of drug-likeness (QED) is 0.482. The number of hydroxylamine groups is 2. The molecule has 0 bridgehead atoms. The molecule has 1 aliphatic rings. The molecular weight excluding hydrogens is 384 g/mol. The van der Waals surface area contributed by atoms with E-state index < -0.39 is 6.04 Å². The van der Waals surface area contributed by atoms with Gasteiger partial charge in [0.15, 0.2) is 5.84 Å². The van der Waals surface area contributed by atoms with E-state index in [9.17, 15) is 5.21 Å². The number of para-hydroxylation sites is 1. The van der Waals surface area contributed by atoms with Gasteiger partial charge in [0.2, 0.25) is 0 Å². The maximum atomic E-state index is 11.3. The van der Waals surface area contributed by atoms with E-state index in [1.807, 2.05) is 72.9 Å². The number of H-pyrrole nitrogens is 1. The summed E-state index contributed by atoms with van der Waals surface area (Å²) in [6, 6.07) is 24.5. The Morgan fingerprint density at radius 1 is 0.828 bits per heavy atom. The molecule has 1 atom stereocenters. The van der Waals surface area contributed by atoms with E-state index in [-0.39, 0.29) is 0 Å². The number of hydrogen-bond donors (Lipinski definition) is 2. The van der Waals surface area contributed by atoms with Gasteiger partial charge in [0.05, 0.1) is 0 Å². The third-order valence-electron chi connectivity index (χ3n) is 5.06. The number of amidine groups is 1. The fourth-order valence-electron chi connectivity index (χ4n) is 3.65. The third kappa shape index (κ3) is 3.10. The molecule has 142 valence electrons. The van der Waals surface area contributed by atoms with Crippen molar-refractivity contribution in [3.8, 4) is 0 Å². The first-order chi connectivity index (χ1) is 14.2. The summed E-state index contributed by atoms with van der Waals surface area (Å²) < 4.78 is 0. The lowest BCUT2D eigenvalue weighted by atomic mass is 9.94. The summed E-state index contributed by atoms with van der Waals surface area (Å²) in [5.41, 5.74) is 4.24. The van der Waals surface area contributed by atoms with Crippen molar-refractivity contribution in [2.75, 3.05) is 0 Å². The van der Waals surface area contributed by atoms with Gasteiger partial charge in [-0.15, -0.1) is 5.10 Å². The van der Waals surface area contributed by atoms with Gasteiger partial charge in [0, 0.05) is 38.8 Å². The Bertz CT molecular complexity index is 1230. The molecule has 0 unspecified atom stereocenters. The minimum absolute atomic E-state index is 0.372. The van der Waals surface area contributed by atoms with Crippen LogP contribution in [0.4, 0.5) is 0 Å². The van der Waals surface area contributed by atoms with Crippen molar-refractivity contribution >= 4 is 34.1 Å². The van der Waals surface area contributed by atoms with E-state index in [1.54, 1.807) is 12.1 Å². The van der Waals surface area contributed by atoms with Crippen molar-refractivity contribution in [2.45, 2.75) is 6.04 Å². The van der Waals surface area contributed by atoms with Crippen LogP contribution in [0.3, 0.4) is 0 Å². The number of nitrogens with one attached hydrogen (secondary N) is 1. The molecule has 0 radical (unpaired) electrons. The fraction of sp³-hybridized carbons (Fsp3) is 0.0435. The Hall–Kier alpha value is -3.41. The van der Waals surface area contributed by atoms with Crippen LogP contribution < -0.4 is 0 Å². The minimum Gasteiger partial charge on any atom is -0.361 e. The molecule has 5 rings (SSSR count). The van der Waals surface area contributed by atoms with Crippen LogP contribution >= 0.6 is 11.6 Å². The summed E-state index contributed by atoms with van der Waals surface area (Å²) in [5, 5.41) is 23.0. The highest BCUT2D eigenvalue weighted by molar-refractivity contribution is 6.30. The first-order valence-corrected chi connectivity index (χ1v) is 9.61. The average molecular weight is 401 g/mol. The van der Waals surface area contributed by atoms with E-state index in [2.05, 4.69) is 15.2 Å². The Morgan fingerprint density at radius 2 is 1.55 bits per heavy atom. The summed E-state index contributed by atoms with van der Waals surface area (Å²) >= 11 is 6.02. The highest BCUT2D eigenvalue weighted by Gasteiger charge is 2.34. The van der Waals surface area contributed by atoms with Gasteiger partial charge in [0.25, 0.3) is 0 Å². The second kappa shape index (κ2) is 7.20. The van der Waals surface area contributed by atoms with Crippen molar-refractivity contribution in [1.82, 2.24) is 10.0 Å². The lowest BCUT2D eigenvalue weighted by molar-refractivity contribution is -0.0343. The number of aromatic nitrogens is 1. The molecule has 0 fully saturated rings. The molecule has 0 amide bonds. The molecule has 1 aromatic heterocycles. The molecule has 0 aliphatic carbocycles. The van der Waals surface area contributed by atoms with Gasteiger partial charge < -0.3 is 4.98 Å². The van der Waals surface area contributed by atoms with E-state index in [0.29, 0.717) is 16.6 Å². The van der Waals surface area contributed by atoms with Crippen molar-refractivity contribution in [3.05, 3.63) is 107 Å². The number of benzene rings is 3. The Morgan fingerprint density at radius 3 is 2.34 bits per heavy atom. The Labute approximate surface area is 172 Å². The molecule has 3 aromatic carbocycles. The van der Waals surface area contributed by atoms with Crippen molar-refractivity contribution < 1.29 is 5.21 Å². The lowest BCUT2D eigenvalue weighted by Gasteiger charge is -2.31. The maximum absolute atomic E-state index is 11.3. The van der Waals surface area contributed by atoms with Crippen LogP contribution in [0.25, 0.3) is 10.9 Å². The van der Waals surface area contributed by atoms with Gasteiger partial charge in [-0.1, -0.05) is 60.1 Å². The molecule has 2 heterocycles. The van der Waals surface area contributed by atoms with Crippen LogP contribution in [0.1, 0.15) is 22.7 Å². The maximum Gasteiger partial charge on any atom is 0.182 e. The monoisotopic (exact) mass is 400 g/mol. The highest BCUT2D eigenvalue weighted by atomic mass is 35.5.